The zero-order valence-corrected chi connectivity index (χ0v) is 16.5. The van der Waals surface area contributed by atoms with Crippen LogP contribution in [0.25, 0.3) is 0 Å². The number of likely N-dealkylation sites (tertiary alicyclic amines) is 1. The van der Waals surface area contributed by atoms with Gasteiger partial charge in [-0.1, -0.05) is 0 Å². The number of rotatable bonds is 11. The lowest BCUT2D eigenvalue weighted by atomic mass is 10.1. The van der Waals surface area contributed by atoms with Crippen molar-refractivity contribution in [2.75, 3.05) is 25.1 Å². The summed E-state index contributed by atoms with van der Waals surface area (Å²) in [5.41, 5.74) is 11.0. The van der Waals surface area contributed by atoms with Crippen LogP contribution in [0.5, 0.6) is 0 Å². The first kappa shape index (κ1) is 23.7. The number of carbonyl (C=O) groups excluding carboxylic acids is 4. The molecule has 7 N–H and O–H groups in total. The summed E-state index contributed by atoms with van der Waals surface area (Å²) < 4.78 is 0. The fraction of sp³-hybridized carbons (Fsp3) is 0.688. The molecule has 28 heavy (non-hydrogen) atoms. The predicted molar refractivity (Wildman–Crippen MR) is 102 cm³/mol. The van der Waals surface area contributed by atoms with Gasteiger partial charge in [0, 0.05) is 6.54 Å². The first-order valence-electron chi connectivity index (χ1n) is 8.80. The summed E-state index contributed by atoms with van der Waals surface area (Å²) in [5.74, 6) is -3.20. The highest BCUT2D eigenvalue weighted by molar-refractivity contribution is 7.98. The van der Waals surface area contributed by atoms with E-state index in [2.05, 4.69) is 10.6 Å². The Morgan fingerprint density at radius 3 is 2.54 bits per heavy atom. The van der Waals surface area contributed by atoms with Gasteiger partial charge in [-0.2, -0.15) is 11.8 Å². The van der Waals surface area contributed by atoms with Crippen molar-refractivity contribution in [3.8, 4) is 0 Å². The van der Waals surface area contributed by atoms with E-state index in [0.29, 0.717) is 31.6 Å². The Kier molecular flexibility index (Phi) is 9.73. The molecule has 1 aliphatic heterocycles. The molecule has 1 aliphatic rings. The van der Waals surface area contributed by atoms with Crippen molar-refractivity contribution < 1.29 is 29.1 Å². The van der Waals surface area contributed by atoms with Crippen molar-refractivity contribution >= 4 is 41.4 Å². The molecule has 3 unspecified atom stereocenters. The molecule has 1 rings (SSSR count). The SMILES string of the molecule is CSCCC(N)C(=O)N1CCCC1C(=O)NC(CC(N)=O)C(=O)NCC(=O)O. The Balaban J connectivity index is 2.79. The summed E-state index contributed by atoms with van der Waals surface area (Å²) >= 11 is 1.56. The third kappa shape index (κ3) is 7.35. The fourth-order valence-electron chi connectivity index (χ4n) is 2.85. The van der Waals surface area contributed by atoms with Crippen molar-refractivity contribution in [2.45, 2.75) is 43.8 Å². The Hall–Kier alpha value is -2.34. The van der Waals surface area contributed by atoms with Crippen molar-refractivity contribution in [2.24, 2.45) is 11.5 Å². The molecule has 3 atom stereocenters. The Bertz CT molecular complexity index is 616. The maximum Gasteiger partial charge on any atom is 0.322 e. The first-order valence-corrected chi connectivity index (χ1v) is 10.2. The number of carboxylic acid groups (broad SMARTS) is 1. The van der Waals surface area contributed by atoms with Gasteiger partial charge in [0.2, 0.25) is 23.6 Å². The quantitative estimate of drug-likeness (QED) is 0.246. The lowest BCUT2D eigenvalue weighted by Crippen LogP contribution is -2.56. The Morgan fingerprint density at radius 2 is 1.96 bits per heavy atom. The van der Waals surface area contributed by atoms with Gasteiger partial charge in [-0.25, -0.2) is 0 Å². The minimum atomic E-state index is -1.33. The van der Waals surface area contributed by atoms with Crippen LogP contribution in [0.1, 0.15) is 25.7 Å². The average molecular weight is 417 g/mol. The van der Waals surface area contributed by atoms with Crippen molar-refractivity contribution in [3.05, 3.63) is 0 Å². The number of carbonyl (C=O) groups is 5. The second-order valence-corrected chi connectivity index (χ2v) is 7.41. The summed E-state index contributed by atoms with van der Waals surface area (Å²) in [6.07, 6.45) is 2.88. The fourth-order valence-corrected chi connectivity index (χ4v) is 3.34. The number of nitrogens with zero attached hydrogens (tertiary/aromatic N) is 1. The third-order valence-electron chi connectivity index (χ3n) is 4.24. The van der Waals surface area contributed by atoms with E-state index >= 15 is 0 Å². The van der Waals surface area contributed by atoms with E-state index in [1.165, 1.54) is 4.90 Å². The minimum absolute atomic E-state index is 0.339. The predicted octanol–water partition coefficient (Wildman–Crippen LogP) is -2.38. The third-order valence-corrected chi connectivity index (χ3v) is 4.88. The van der Waals surface area contributed by atoms with E-state index < -0.39 is 54.8 Å². The van der Waals surface area contributed by atoms with Gasteiger partial charge in [-0.15, -0.1) is 0 Å². The number of aliphatic carboxylic acids is 1. The number of nitrogens with two attached hydrogens (primary N) is 2. The zero-order valence-electron chi connectivity index (χ0n) is 15.7. The molecule has 1 heterocycles. The largest absolute Gasteiger partial charge is 0.480 e. The maximum atomic E-state index is 12.6. The molecule has 0 spiro atoms. The van der Waals surface area contributed by atoms with E-state index in [1.54, 1.807) is 11.8 Å². The van der Waals surface area contributed by atoms with Gasteiger partial charge in [0.15, 0.2) is 0 Å². The van der Waals surface area contributed by atoms with Crippen LogP contribution >= 0.6 is 11.8 Å². The van der Waals surface area contributed by atoms with Crippen molar-refractivity contribution in [1.29, 1.82) is 0 Å². The van der Waals surface area contributed by atoms with Crippen LogP contribution in [0.2, 0.25) is 0 Å². The second kappa shape index (κ2) is 11.5. The Morgan fingerprint density at radius 1 is 1.29 bits per heavy atom. The highest BCUT2D eigenvalue weighted by Gasteiger charge is 2.37. The lowest BCUT2D eigenvalue weighted by molar-refractivity contribution is -0.141. The highest BCUT2D eigenvalue weighted by Crippen LogP contribution is 2.19. The minimum Gasteiger partial charge on any atom is -0.480 e. The molecule has 0 bridgehead atoms. The normalized spacial score (nSPS) is 18.2. The van der Waals surface area contributed by atoms with E-state index in [4.69, 9.17) is 16.6 Å². The maximum absolute atomic E-state index is 12.6. The number of carboxylic acids is 1. The molecule has 0 saturated carbocycles. The average Bonchev–Trinajstić information content (AvgIpc) is 3.12. The van der Waals surface area contributed by atoms with E-state index in [-0.39, 0.29) is 5.91 Å². The number of primary amides is 1. The molecule has 0 radical (unpaired) electrons. The molecule has 158 valence electrons. The highest BCUT2D eigenvalue weighted by atomic mass is 32.2. The van der Waals surface area contributed by atoms with Crippen LogP contribution in [-0.2, 0) is 24.0 Å². The van der Waals surface area contributed by atoms with E-state index in [9.17, 15) is 24.0 Å². The van der Waals surface area contributed by atoms with Crippen molar-refractivity contribution in [1.82, 2.24) is 15.5 Å². The number of hydrogen-bond donors (Lipinski definition) is 5. The summed E-state index contributed by atoms with van der Waals surface area (Å²) in [7, 11) is 0. The van der Waals surface area contributed by atoms with Crippen LogP contribution < -0.4 is 22.1 Å². The molecule has 1 fully saturated rings. The van der Waals surface area contributed by atoms with Crippen LogP contribution in [0.3, 0.4) is 0 Å². The van der Waals surface area contributed by atoms with Gasteiger partial charge >= 0.3 is 5.97 Å². The standard InChI is InChI=1S/C16H27N5O6S/c1-28-6-4-9(17)16(27)21-5-2-3-11(21)15(26)20-10(7-12(18)22)14(25)19-8-13(23)24/h9-11H,2-8,17H2,1H3,(H2,18,22)(H,19,25)(H,20,26)(H,23,24). The first-order chi connectivity index (χ1) is 13.2. The number of nitrogens with one attached hydrogen (secondary N) is 2. The second-order valence-electron chi connectivity index (χ2n) is 6.42. The molecular formula is C16H27N5O6S. The van der Waals surface area contributed by atoms with Gasteiger partial charge in [0.05, 0.1) is 12.5 Å². The molecule has 0 aromatic heterocycles. The van der Waals surface area contributed by atoms with Gasteiger partial charge in [0.1, 0.15) is 18.6 Å². The van der Waals surface area contributed by atoms with Gasteiger partial charge < -0.3 is 32.1 Å². The van der Waals surface area contributed by atoms with Crippen LogP contribution in [0, 0.1) is 0 Å². The van der Waals surface area contributed by atoms with E-state index in [1.807, 2.05) is 6.26 Å². The van der Waals surface area contributed by atoms with Crippen LogP contribution in [0.15, 0.2) is 0 Å². The van der Waals surface area contributed by atoms with Gasteiger partial charge in [0.25, 0.3) is 0 Å². The molecule has 11 nitrogen and oxygen atoms in total. The van der Waals surface area contributed by atoms with Gasteiger partial charge in [-0.3, -0.25) is 24.0 Å². The number of amides is 4. The van der Waals surface area contributed by atoms with Crippen LogP contribution in [0.4, 0.5) is 0 Å². The van der Waals surface area contributed by atoms with Crippen molar-refractivity contribution in [3.63, 3.8) is 0 Å². The molecule has 0 aromatic carbocycles. The number of hydrogen-bond acceptors (Lipinski definition) is 7. The topological polar surface area (TPSA) is 185 Å². The van der Waals surface area contributed by atoms with Gasteiger partial charge in [-0.05, 0) is 31.3 Å². The molecule has 1 saturated heterocycles. The summed E-state index contributed by atoms with van der Waals surface area (Å²) in [6.45, 7) is -0.294. The van der Waals surface area contributed by atoms with Crippen LogP contribution in [-0.4, -0.2) is 82.8 Å². The molecule has 0 aromatic rings. The Labute approximate surface area is 166 Å². The summed E-state index contributed by atoms with van der Waals surface area (Å²) in [4.78, 5) is 60.4. The smallest absolute Gasteiger partial charge is 0.322 e. The molecule has 4 amide bonds. The molecule has 0 aliphatic carbocycles. The lowest BCUT2D eigenvalue weighted by Gasteiger charge is -2.28. The summed E-state index contributed by atoms with van der Waals surface area (Å²) in [5, 5.41) is 13.1. The monoisotopic (exact) mass is 417 g/mol. The zero-order chi connectivity index (χ0) is 21.3. The summed E-state index contributed by atoms with van der Waals surface area (Å²) in [6, 6.07) is -2.86. The number of thioether (sulfide) groups is 1. The van der Waals surface area contributed by atoms with E-state index in [0.717, 1.165) is 0 Å². The molecular weight excluding hydrogens is 390 g/mol. The molecule has 12 heteroatoms.